The quantitative estimate of drug-likeness (QED) is 0.785. The van der Waals surface area contributed by atoms with E-state index in [9.17, 15) is 5.26 Å². The molecule has 1 fully saturated rings. The third-order valence-corrected chi connectivity index (χ3v) is 4.10. The molecule has 90 valence electrons. The molecular formula is C14H13N3S. The Morgan fingerprint density at radius 1 is 1.22 bits per heavy atom. The summed E-state index contributed by atoms with van der Waals surface area (Å²) >= 11 is 1.97. The van der Waals surface area contributed by atoms with Crippen LogP contribution in [0.4, 0.5) is 5.82 Å². The molecule has 0 saturated carbocycles. The van der Waals surface area contributed by atoms with Crippen LogP contribution in [-0.2, 0) is 0 Å². The van der Waals surface area contributed by atoms with Gasteiger partial charge in [-0.3, -0.25) is 0 Å². The molecule has 3 nitrogen and oxygen atoms in total. The summed E-state index contributed by atoms with van der Waals surface area (Å²) in [6.45, 7) is 2.03. The standard InChI is InChI=1S/C14H13N3S/c15-10-11-9-14(17-5-7-18-8-6-17)16-13-4-2-1-3-12(11)13/h1-4,9H,5-8H2. The van der Waals surface area contributed by atoms with Crippen LogP contribution in [0, 0.1) is 11.3 Å². The first kappa shape index (κ1) is 11.4. The monoisotopic (exact) mass is 255 g/mol. The summed E-state index contributed by atoms with van der Waals surface area (Å²) < 4.78 is 0. The van der Waals surface area contributed by atoms with E-state index in [1.165, 1.54) is 0 Å². The molecular weight excluding hydrogens is 242 g/mol. The summed E-state index contributed by atoms with van der Waals surface area (Å²) in [6.07, 6.45) is 0. The van der Waals surface area contributed by atoms with Crippen molar-refractivity contribution in [3.05, 3.63) is 35.9 Å². The minimum absolute atomic E-state index is 0.717. The van der Waals surface area contributed by atoms with E-state index in [-0.39, 0.29) is 0 Å². The molecule has 0 bridgehead atoms. The first-order chi connectivity index (χ1) is 8.88. The van der Waals surface area contributed by atoms with Crippen molar-refractivity contribution in [1.29, 1.82) is 5.26 Å². The summed E-state index contributed by atoms with van der Waals surface area (Å²) in [4.78, 5) is 6.94. The summed E-state index contributed by atoms with van der Waals surface area (Å²) in [6, 6.07) is 12.0. The molecule has 0 unspecified atom stereocenters. The Morgan fingerprint density at radius 2 is 2.00 bits per heavy atom. The van der Waals surface area contributed by atoms with Gasteiger partial charge in [-0.1, -0.05) is 18.2 Å². The van der Waals surface area contributed by atoms with E-state index in [0.29, 0.717) is 5.56 Å². The molecule has 3 rings (SSSR count). The zero-order valence-electron chi connectivity index (χ0n) is 9.97. The Labute approximate surface area is 110 Å². The molecule has 1 aliphatic rings. The van der Waals surface area contributed by atoms with Crippen LogP contribution in [-0.4, -0.2) is 29.6 Å². The van der Waals surface area contributed by atoms with E-state index in [0.717, 1.165) is 41.3 Å². The summed E-state index contributed by atoms with van der Waals surface area (Å²) in [5.41, 5.74) is 1.62. The molecule has 0 radical (unpaired) electrons. The number of aromatic nitrogens is 1. The van der Waals surface area contributed by atoms with Crippen LogP contribution in [0.1, 0.15) is 5.56 Å². The molecule has 4 heteroatoms. The number of hydrogen-bond acceptors (Lipinski definition) is 4. The van der Waals surface area contributed by atoms with E-state index in [1.54, 1.807) is 0 Å². The highest BCUT2D eigenvalue weighted by Crippen LogP contribution is 2.24. The van der Waals surface area contributed by atoms with Crippen molar-refractivity contribution in [3.63, 3.8) is 0 Å². The number of nitriles is 1. The molecule has 1 aromatic heterocycles. The van der Waals surface area contributed by atoms with E-state index in [2.05, 4.69) is 16.0 Å². The molecule has 2 heterocycles. The number of hydrogen-bond donors (Lipinski definition) is 0. The molecule has 0 atom stereocenters. The third kappa shape index (κ3) is 2.02. The fourth-order valence-electron chi connectivity index (χ4n) is 2.21. The number of nitrogens with zero attached hydrogens (tertiary/aromatic N) is 3. The molecule has 1 aromatic carbocycles. The summed E-state index contributed by atoms with van der Waals surface area (Å²) in [5, 5.41) is 10.2. The van der Waals surface area contributed by atoms with Gasteiger partial charge in [-0.15, -0.1) is 0 Å². The van der Waals surface area contributed by atoms with Gasteiger partial charge >= 0.3 is 0 Å². The number of benzene rings is 1. The van der Waals surface area contributed by atoms with Gasteiger partial charge in [-0.05, 0) is 12.1 Å². The van der Waals surface area contributed by atoms with E-state index >= 15 is 0 Å². The lowest BCUT2D eigenvalue weighted by Gasteiger charge is -2.27. The fourth-order valence-corrected chi connectivity index (χ4v) is 3.11. The molecule has 0 aliphatic carbocycles. The second kappa shape index (κ2) is 4.87. The Hall–Kier alpha value is -1.73. The lowest BCUT2D eigenvalue weighted by atomic mass is 10.1. The van der Waals surface area contributed by atoms with Gasteiger partial charge in [-0.2, -0.15) is 17.0 Å². The van der Waals surface area contributed by atoms with Gasteiger partial charge in [0.1, 0.15) is 5.82 Å². The van der Waals surface area contributed by atoms with Crippen LogP contribution in [0.25, 0.3) is 10.9 Å². The minimum atomic E-state index is 0.717. The Morgan fingerprint density at radius 3 is 2.78 bits per heavy atom. The molecule has 0 N–H and O–H groups in total. The van der Waals surface area contributed by atoms with Gasteiger partial charge in [0, 0.05) is 30.0 Å². The van der Waals surface area contributed by atoms with Crippen molar-refractivity contribution in [1.82, 2.24) is 4.98 Å². The predicted molar refractivity (Wildman–Crippen MR) is 76.0 cm³/mol. The number of fused-ring (bicyclic) bond motifs is 1. The Bertz CT molecular complexity index is 612. The van der Waals surface area contributed by atoms with Crippen molar-refractivity contribution >= 4 is 28.5 Å². The minimum Gasteiger partial charge on any atom is -0.355 e. The van der Waals surface area contributed by atoms with Crippen molar-refractivity contribution < 1.29 is 0 Å². The SMILES string of the molecule is N#Cc1cc(N2CCSCC2)nc2ccccc12. The predicted octanol–water partition coefficient (Wildman–Crippen LogP) is 2.66. The van der Waals surface area contributed by atoms with Crippen LogP contribution in [0.3, 0.4) is 0 Å². The molecule has 0 spiro atoms. The van der Waals surface area contributed by atoms with Crippen LogP contribution in [0.2, 0.25) is 0 Å². The van der Waals surface area contributed by atoms with Gasteiger partial charge in [0.05, 0.1) is 17.1 Å². The molecule has 0 amide bonds. The first-order valence-electron chi connectivity index (χ1n) is 6.01. The zero-order valence-corrected chi connectivity index (χ0v) is 10.8. The molecule has 1 saturated heterocycles. The Kier molecular flexibility index (Phi) is 3.07. The van der Waals surface area contributed by atoms with E-state index in [4.69, 9.17) is 0 Å². The smallest absolute Gasteiger partial charge is 0.130 e. The zero-order chi connectivity index (χ0) is 12.4. The van der Waals surface area contributed by atoms with Gasteiger partial charge in [0.25, 0.3) is 0 Å². The maximum Gasteiger partial charge on any atom is 0.130 e. The van der Waals surface area contributed by atoms with Gasteiger partial charge in [0.2, 0.25) is 0 Å². The average Bonchev–Trinajstić information content (AvgIpc) is 2.47. The maximum absolute atomic E-state index is 9.26. The summed E-state index contributed by atoms with van der Waals surface area (Å²) in [7, 11) is 0. The van der Waals surface area contributed by atoms with Crippen molar-refractivity contribution in [2.75, 3.05) is 29.5 Å². The number of thioether (sulfide) groups is 1. The second-order valence-electron chi connectivity index (χ2n) is 4.26. The average molecular weight is 255 g/mol. The number of para-hydroxylation sites is 1. The summed E-state index contributed by atoms with van der Waals surface area (Å²) in [5.74, 6) is 3.21. The largest absolute Gasteiger partial charge is 0.355 e. The lowest BCUT2D eigenvalue weighted by molar-refractivity contribution is 0.842. The normalized spacial score (nSPS) is 15.6. The number of rotatable bonds is 1. The van der Waals surface area contributed by atoms with Crippen molar-refractivity contribution in [3.8, 4) is 6.07 Å². The van der Waals surface area contributed by atoms with Gasteiger partial charge in [0.15, 0.2) is 0 Å². The van der Waals surface area contributed by atoms with Gasteiger partial charge < -0.3 is 4.90 Å². The molecule has 2 aromatic rings. The van der Waals surface area contributed by atoms with Gasteiger partial charge in [-0.25, -0.2) is 4.98 Å². The number of pyridine rings is 1. The lowest BCUT2D eigenvalue weighted by Crippen LogP contribution is -2.33. The van der Waals surface area contributed by atoms with Crippen molar-refractivity contribution in [2.45, 2.75) is 0 Å². The second-order valence-corrected chi connectivity index (χ2v) is 5.48. The van der Waals surface area contributed by atoms with Crippen molar-refractivity contribution in [2.24, 2.45) is 0 Å². The topological polar surface area (TPSA) is 39.9 Å². The van der Waals surface area contributed by atoms with Crippen LogP contribution in [0.5, 0.6) is 0 Å². The highest BCUT2D eigenvalue weighted by Gasteiger charge is 2.14. The van der Waals surface area contributed by atoms with Crippen LogP contribution in [0.15, 0.2) is 30.3 Å². The Balaban J connectivity index is 2.10. The first-order valence-corrected chi connectivity index (χ1v) is 7.16. The van der Waals surface area contributed by atoms with E-state index in [1.807, 2.05) is 42.1 Å². The maximum atomic E-state index is 9.26. The highest BCUT2D eigenvalue weighted by atomic mass is 32.2. The van der Waals surface area contributed by atoms with Crippen LogP contribution < -0.4 is 4.90 Å². The van der Waals surface area contributed by atoms with E-state index < -0.39 is 0 Å². The fraction of sp³-hybridized carbons (Fsp3) is 0.286. The molecule has 18 heavy (non-hydrogen) atoms. The van der Waals surface area contributed by atoms with Crippen LogP contribution >= 0.6 is 11.8 Å². The molecule has 1 aliphatic heterocycles. The highest BCUT2D eigenvalue weighted by molar-refractivity contribution is 7.99. The number of anilines is 1. The third-order valence-electron chi connectivity index (χ3n) is 3.16.